The lowest BCUT2D eigenvalue weighted by Crippen LogP contribution is -2.02. The van der Waals surface area contributed by atoms with Crippen LogP contribution in [0.15, 0.2) is 6.07 Å². The number of halogens is 5. The topological polar surface area (TPSA) is 17.1 Å². The number of benzene rings is 1. The molecule has 0 amide bonds. The highest BCUT2D eigenvalue weighted by atomic mass is 35.5. The Balaban J connectivity index is 0.000000557. The van der Waals surface area contributed by atoms with Gasteiger partial charge in [0, 0.05) is 18.6 Å². The van der Waals surface area contributed by atoms with Crippen molar-refractivity contribution >= 4 is 16.8 Å². The van der Waals surface area contributed by atoms with Gasteiger partial charge in [0.2, 0.25) is 5.24 Å². The molecule has 96 valence electrons. The van der Waals surface area contributed by atoms with Gasteiger partial charge in [-0.25, -0.2) is 17.6 Å². The van der Waals surface area contributed by atoms with Crippen molar-refractivity contribution in [3.05, 3.63) is 34.9 Å². The lowest BCUT2D eigenvalue weighted by Gasteiger charge is -2.04. The zero-order valence-corrected chi connectivity index (χ0v) is 10.0. The van der Waals surface area contributed by atoms with Gasteiger partial charge < -0.3 is 0 Å². The Morgan fingerprint density at radius 2 is 1.53 bits per heavy atom. The van der Waals surface area contributed by atoms with Crippen molar-refractivity contribution < 1.29 is 22.4 Å². The molecule has 0 N–H and O–H groups in total. The van der Waals surface area contributed by atoms with E-state index in [1.54, 1.807) is 6.92 Å². The fourth-order valence-electron chi connectivity index (χ4n) is 1.09. The molecule has 0 aromatic heterocycles. The first-order valence-corrected chi connectivity index (χ1v) is 5.17. The molecule has 1 rings (SSSR count). The van der Waals surface area contributed by atoms with Gasteiger partial charge in [-0.05, 0) is 18.0 Å². The second-order valence-corrected chi connectivity index (χ2v) is 3.70. The lowest BCUT2D eigenvalue weighted by molar-refractivity contribution is -0.109. The Kier molecular flexibility index (Phi) is 6.80. The van der Waals surface area contributed by atoms with Crippen molar-refractivity contribution in [2.75, 3.05) is 0 Å². The van der Waals surface area contributed by atoms with Crippen LogP contribution in [0.3, 0.4) is 0 Å². The van der Waals surface area contributed by atoms with Crippen molar-refractivity contribution in [2.24, 2.45) is 0 Å². The van der Waals surface area contributed by atoms with Crippen molar-refractivity contribution in [3.8, 4) is 0 Å². The molecule has 0 aliphatic heterocycles. The fourth-order valence-corrected chi connectivity index (χ4v) is 1.09. The summed E-state index contributed by atoms with van der Waals surface area (Å²) < 4.78 is 50.8. The summed E-state index contributed by atoms with van der Waals surface area (Å²) in [6.45, 7) is 2.96. The number of carbonyl (C=O) groups is 1. The quantitative estimate of drug-likeness (QED) is 0.451. The Labute approximate surface area is 101 Å². The van der Waals surface area contributed by atoms with Crippen LogP contribution in [0.1, 0.15) is 25.8 Å². The molecule has 0 unspecified atom stereocenters. The Bertz CT molecular complexity index is 377. The third-order valence-corrected chi connectivity index (χ3v) is 1.70. The van der Waals surface area contributed by atoms with E-state index in [-0.39, 0.29) is 17.7 Å². The van der Waals surface area contributed by atoms with Gasteiger partial charge in [-0.15, -0.1) is 0 Å². The predicted octanol–water partition coefficient (Wildman–Crippen LogP) is 3.97. The molecule has 0 saturated heterocycles. The summed E-state index contributed by atoms with van der Waals surface area (Å²) in [5.41, 5.74) is -0.514. The smallest absolute Gasteiger partial charge is 0.218 e. The lowest BCUT2D eigenvalue weighted by atomic mass is 10.1. The normalized spacial score (nSPS) is 9.59. The Hall–Kier alpha value is -1.10. The molecule has 0 bridgehead atoms. The fraction of sp³-hybridized carbons (Fsp3) is 0.364. The molecule has 0 radical (unpaired) electrons. The van der Waals surface area contributed by atoms with Gasteiger partial charge >= 0.3 is 0 Å². The molecule has 0 atom stereocenters. The van der Waals surface area contributed by atoms with E-state index in [0.717, 1.165) is 0 Å². The summed E-state index contributed by atoms with van der Waals surface area (Å²) >= 11 is 4.64. The molecule has 1 nitrogen and oxygen atoms in total. The molecule has 0 aliphatic rings. The van der Waals surface area contributed by atoms with Crippen LogP contribution in [0.2, 0.25) is 0 Å². The third-order valence-electron chi connectivity index (χ3n) is 1.70. The average Bonchev–Trinajstić information content (AvgIpc) is 2.21. The number of carbonyl (C=O) groups excluding carboxylic acids is 1. The summed E-state index contributed by atoms with van der Waals surface area (Å²) in [6, 6.07) is 0.212. The molecule has 6 heteroatoms. The minimum atomic E-state index is -1.35. The monoisotopic (exact) mass is 270 g/mol. The first-order chi connectivity index (χ1) is 7.81. The van der Waals surface area contributed by atoms with E-state index >= 15 is 0 Å². The maximum Gasteiger partial charge on any atom is 0.218 e. The van der Waals surface area contributed by atoms with E-state index in [0.29, 0.717) is 6.42 Å². The minimum absolute atomic E-state index is 0.00759. The van der Waals surface area contributed by atoms with Crippen LogP contribution in [0.5, 0.6) is 0 Å². The molecule has 17 heavy (non-hydrogen) atoms. The van der Waals surface area contributed by atoms with Crippen LogP contribution in [-0.4, -0.2) is 5.24 Å². The molecule has 0 saturated carbocycles. The highest BCUT2D eigenvalue weighted by molar-refractivity contribution is 6.62. The van der Waals surface area contributed by atoms with Crippen molar-refractivity contribution in [1.29, 1.82) is 0 Å². The molecule has 0 heterocycles. The maximum atomic E-state index is 12.8. The summed E-state index contributed by atoms with van der Waals surface area (Å²) in [7, 11) is 0. The molecular formula is C11H11ClF4O. The first kappa shape index (κ1) is 15.9. The first-order valence-electron chi connectivity index (χ1n) is 4.79. The SMILES string of the molecule is CC(=O)Cl.CCCc1c(F)c(F)cc(F)c1F. The zero-order valence-electron chi connectivity index (χ0n) is 9.29. The van der Waals surface area contributed by atoms with Crippen LogP contribution in [0.25, 0.3) is 0 Å². The van der Waals surface area contributed by atoms with E-state index in [4.69, 9.17) is 0 Å². The van der Waals surface area contributed by atoms with Gasteiger partial charge in [-0.1, -0.05) is 13.3 Å². The van der Waals surface area contributed by atoms with Gasteiger partial charge in [-0.2, -0.15) is 0 Å². The van der Waals surface area contributed by atoms with Crippen molar-refractivity contribution in [1.82, 2.24) is 0 Å². The Morgan fingerprint density at radius 1 is 1.18 bits per heavy atom. The van der Waals surface area contributed by atoms with Crippen LogP contribution < -0.4 is 0 Å². The van der Waals surface area contributed by atoms with Gasteiger partial charge in [-0.3, -0.25) is 4.79 Å². The van der Waals surface area contributed by atoms with E-state index in [1.165, 1.54) is 6.92 Å². The molecule has 1 aromatic carbocycles. The van der Waals surface area contributed by atoms with Crippen LogP contribution in [-0.2, 0) is 11.2 Å². The largest absolute Gasteiger partial charge is 0.282 e. The number of rotatable bonds is 2. The second kappa shape index (κ2) is 7.27. The number of hydrogen-bond acceptors (Lipinski definition) is 1. The molecule has 0 aliphatic carbocycles. The summed E-state index contributed by atoms with van der Waals surface area (Å²) in [5, 5.41) is -0.361. The standard InChI is InChI=1S/C9H8F4.C2H3ClO/c1-2-3-5-8(12)6(10)4-7(11)9(5)13;1-2(3)4/h4H,2-3H2,1H3;1H3. The van der Waals surface area contributed by atoms with Gasteiger partial charge in [0.15, 0.2) is 23.3 Å². The third kappa shape index (κ3) is 5.17. The van der Waals surface area contributed by atoms with Crippen LogP contribution in [0.4, 0.5) is 17.6 Å². The van der Waals surface area contributed by atoms with Gasteiger partial charge in [0.05, 0.1) is 0 Å². The summed E-state index contributed by atoms with van der Waals surface area (Å²) in [4.78, 5) is 9.21. The average molecular weight is 271 g/mol. The maximum absolute atomic E-state index is 12.8. The van der Waals surface area contributed by atoms with E-state index in [1.807, 2.05) is 0 Å². The number of hydrogen-bond donors (Lipinski definition) is 0. The van der Waals surface area contributed by atoms with E-state index < -0.39 is 28.8 Å². The second-order valence-electron chi connectivity index (χ2n) is 3.17. The molecular weight excluding hydrogens is 260 g/mol. The summed E-state index contributed by atoms with van der Waals surface area (Å²) in [6.07, 6.45) is 0.420. The molecule has 0 spiro atoms. The van der Waals surface area contributed by atoms with Crippen molar-refractivity contribution in [2.45, 2.75) is 26.7 Å². The predicted molar refractivity (Wildman–Crippen MR) is 56.8 cm³/mol. The van der Waals surface area contributed by atoms with Crippen molar-refractivity contribution in [3.63, 3.8) is 0 Å². The van der Waals surface area contributed by atoms with Crippen LogP contribution in [0, 0.1) is 23.3 Å². The highest BCUT2D eigenvalue weighted by Gasteiger charge is 2.17. The molecule has 1 aromatic rings. The molecule has 0 fully saturated rings. The van der Waals surface area contributed by atoms with E-state index in [9.17, 15) is 22.4 Å². The van der Waals surface area contributed by atoms with Gasteiger partial charge in [0.1, 0.15) is 0 Å². The Morgan fingerprint density at radius 3 is 1.82 bits per heavy atom. The highest BCUT2D eigenvalue weighted by Crippen LogP contribution is 2.20. The zero-order chi connectivity index (χ0) is 13.6. The van der Waals surface area contributed by atoms with Gasteiger partial charge in [0.25, 0.3) is 0 Å². The summed E-state index contributed by atoms with van der Waals surface area (Å²) in [5.74, 6) is -5.27. The van der Waals surface area contributed by atoms with E-state index in [2.05, 4.69) is 11.6 Å². The van der Waals surface area contributed by atoms with Crippen LogP contribution >= 0.6 is 11.6 Å². The minimum Gasteiger partial charge on any atom is -0.282 e.